The molecule has 148 valence electrons. The second-order valence-corrected chi connectivity index (χ2v) is 7.76. The number of esters is 1. The van der Waals surface area contributed by atoms with E-state index in [0.717, 1.165) is 47.5 Å². The maximum Gasteiger partial charge on any atom is 0.434 e. The van der Waals surface area contributed by atoms with Gasteiger partial charge in [0.05, 0.1) is 12.0 Å². The molecule has 0 radical (unpaired) electrons. The molecule has 0 atom stereocenters. The molecule has 1 aliphatic rings. The maximum atomic E-state index is 12.3. The number of rotatable bonds is 4. The van der Waals surface area contributed by atoms with Crippen LogP contribution in [-0.2, 0) is 4.74 Å². The average molecular weight is 403 g/mol. The number of ether oxygens (including phenoxy) is 1. The van der Waals surface area contributed by atoms with Gasteiger partial charge in [-0.05, 0) is 39.2 Å². The number of piperidine rings is 1. The summed E-state index contributed by atoms with van der Waals surface area (Å²) in [4.78, 5) is 36.3. The van der Waals surface area contributed by atoms with E-state index in [1.807, 2.05) is 13.8 Å². The highest BCUT2D eigenvalue weighted by Crippen LogP contribution is 2.38. The van der Waals surface area contributed by atoms with Gasteiger partial charge in [-0.25, -0.2) is 24.7 Å². The van der Waals surface area contributed by atoms with E-state index < -0.39 is 5.76 Å². The third kappa shape index (κ3) is 3.28. The van der Waals surface area contributed by atoms with Gasteiger partial charge in [0.15, 0.2) is 0 Å². The quantitative estimate of drug-likeness (QED) is 0.661. The second kappa shape index (κ2) is 7.34. The van der Waals surface area contributed by atoms with Crippen LogP contribution in [0, 0.1) is 13.8 Å². The zero-order chi connectivity index (χ0) is 19.8. The number of carbonyl (C=O) groups is 1. The summed E-state index contributed by atoms with van der Waals surface area (Å²) in [6, 6.07) is 0. The van der Waals surface area contributed by atoms with Crippen molar-refractivity contribution < 1.29 is 13.9 Å². The molecule has 3 aromatic heterocycles. The molecule has 0 saturated carbocycles. The van der Waals surface area contributed by atoms with E-state index in [1.165, 1.54) is 11.3 Å². The van der Waals surface area contributed by atoms with E-state index in [0.29, 0.717) is 23.2 Å². The van der Waals surface area contributed by atoms with Gasteiger partial charge in [-0.1, -0.05) is 0 Å². The van der Waals surface area contributed by atoms with Gasteiger partial charge in [-0.2, -0.15) is 0 Å². The SMILES string of the molecule is CCOC(=O)c1sc2nc(C)nc(N3CCC(c4n[nH]c(=O)o4)CC3)c2c1C. The van der Waals surface area contributed by atoms with Crippen molar-refractivity contribution in [1.29, 1.82) is 0 Å². The van der Waals surface area contributed by atoms with Crippen LogP contribution in [0.15, 0.2) is 9.21 Å². The van der Waals surface area contributed by atoms with Crippen LogP contribution in [0.1, 0.15) is 52.6 Å². The van der Waals surface area contributed by atoms with E-state index >= 15 is 0 Å². The Morgan fingerprint density at radius 1 is 1.32 bits per heavy atom. The van der Waals surface area contributed by atoms with Gasteiger partial charge in [-0.3, -0.25) is 0 Å². The number of anilines is 1. The summed E-state index contributed by atoms with van der Waals surface area (Å²) in [6.45, 7) is 7.39. The number of hydrogen-bond donors (Lipinski definition) is 1. The van der Waals surface area contributed by atoms with Crippen molar-refractivity contribution in [2.45, 2.75) is 39.5 Å². The first-order valence-electron chi connectivity index (χ1n) is 9.23. The molecule has 0 unspecified atom stereocenters. The molecule has 9 nitrogen and oxygen atoms in total. The first kappa shape index (κ1) is 18.6. The van der Waals surface area contributed by atoms with Crippen LogP contribution in [-0.4, -0.2) is 45.8 Å². The fraction of sp³-hybridized carbons (Fsp3) is 0.500. The van der Waals surface area contributed by atoms with Gasteiger partial charge in [0, 0.05) is 19.0 Å². The summed E-state index contributed by atoms with van der Waals surface area (Å²) in [5, 5.41) is 7.19. The Morgan fingerprint density at radius 3 is 2.71 bits per heavy atom. The Kier molecular flexibility index (Phi) is 4.88. The minimum Gasteiger partial charge on any atom is -0.462 e. The Hall–Kier alpha value is -2.75. The van der Waals surface area contributed by atoms with E-state index in [-0.39, 0.29) is 11.9 Å². The van der Waals surface area contributed by atoms with Gasteiger partial charge in [0.1, 0.15) is 21.3 Å². The number of nitrogens with one attached hydrogen (secondary N) is 1. The number of aryl methyl sites for hydroxylation is 2. The van der Waals surface area contributed by atoms with Crippen molar-refractivity contribution in [3.8, 4) is 0 Å². The van der Waals surface area contributed by atoms with Crippen molar-refractivity contribution >= 4 is 33.3 Å². The number of carbonyl (C=O) groups excluding carboxylic acids is 1. The summed E-state index contributed by atoms with van der Waals surface area (Å²) in [5.74, 6) is 1.23. The number of nitrogens with zero attached hydrogens (tertiary/aromatic N) is 4. The molecule has 28 heavy (non-hydrogen) atoms. The number of aromatic nitrogens is 4. The molecule has 0 spiro atoms. The van der Waals surface area contributed by atoms with E-state index in [9.17, 15) is 9.59 Å². The smallest absolute Gasteiger partial charge is 0.434 e. The lowest BCUT2D eigenvalue weighted by atomic mass is 9.96. The number of thiophene rings is 1. The van der Waals surface area contributed by atoms with Crippen LogP contribution in [0.2, 0.25) is 0 Å². The van der Waals surface area contributed by atoms with E-state index in [2.05, 4.69) is 25.1 Å². The highest BCUT2D eigenvalue weighted by atomic mass is 32.1. The van der Waals surface area contributed by atoms with Crippen LogP contribution in [0.25, 0.3) is 10.2 Å². The molecule has 3 aromatic rings. The topological polar surface area (TPSA) is 114 Å². The summed E-state index contributed by atoms with van der Waals surface area (Å²) < 4.78 is 10.3. The van der Waals surface area contributed by atoms with Gasteiger partial charge in [0.25, 0.3) is 0 Å². The molecule has 10 heteroatoms. The van der Waals surface area contributed by atoms with Crippen LogP contribution >= 0.6 is 11.3 Å². The van der Waals surface area contributed by atoms with Gasteiger partial charge >= 0.3 is 11.7 Å². The molecular formula is C18H21N5O4S. The average Bonchev–Trinajstić information content (AvgIpc) is 3.25. The van der Waals surface area contributed by atoms with Crippen molar-refractivity contribution in [3.63, 3.8) is 0 Å². The normalized spacial score (nSPS) is 15.3. The van der Waals surface area contributed by atoms with Crippen LogP contribution in [0.5, 0.6) is 0 Å². The van der Waals surface area contributed by atoms with Crippen LogP contribution < -0.4 is 10.7 Å². The maximum absolute atomic E-state index is 12.3. The molecule has 4 rings (SSSR count). The third-order valence-electron chi connectivity index (χ3n) is 4.94. The van der Waals surface area contributed by atoms with E-state index in [4.69, 9.17) is 9.15 Å². The van der Waals surface area contributed by atoms with Crippen LogP contribution in [0.3, 0.4) is 0 Å². The lowest BCUT2D eigenvalue weighted by Gasteiger charge is -2.32. The molecule has 0 aromatic carbocycles. The minimum absolute atomic E-state index is 0.104. The highest BCUT2D eigenvalue weighted by Gasteiger charge is 2.28. The summed E-state index contributed by atoms with van der Waals surface area (Å²) >= 11 is 1.35. The molecule has 4 heterocycles. The number of hydrogen-bond acceptors (Lipinski definition) is 9. The predicted octanol–water partition coefficient (Wildman–Crippen LogP) is 2.55. The Balaban J connectivity index is 1.65. The molecule has 1 aliphatic heterocycles. The standard InChI is InChI=1S/C18H21N5O4S/c1-4-26-17(24)13-9(2)12-14(19-10(3)20-16(12)28-13)23-7-5-11(6-8-23)15-21-22-18(25)27-15/h11H,4-8H2,1-3H3,(H,22,25). The van der Waals surface area contributed by atoms with Gasteiger partial charge in [-0.15, -0.1) is 16.4 Å². The van der Waals surface area contributed by atoms with Gasteiger partial charge < -0.3 is 14.1 Å². The van der Waals surface area contributed by atoms with Crippen molar-refractivity contribution in [1.82, 2.24) is 20.2 Å². The number of fused-ring (bicyclic) bond motifs is 1. The zero-order valence-electron chi connectivity index (χ0n) is 15.9. The first-order valence-corrected chi connectivity index (χ1v) is 10.0. The lowest BCUT2D eigenvalue weighted by molar-refractivity contribution is 0.0531. The zero-order valence-corrected chi connectivity index (χ0v) is 16.8. The van der Waals surface area contributed by atoms with E-state index in [1.54, 1.807) is 6.92 Å². The molecule has 0 amide bonds. The van der Waals surface area contributed by atoms with Crippen molar-refractivity contribution in [3.05, 3.63) is 32.7 Å². The largest absolute Gasteiger partial charge is 0.462 e. The second-order valence-electron chi connectivity index (χ2n) is 6.76. The number of aromatic amines is 1. The Labute approximate surface area is 164 Å². The van der Waals surface area contributed by atoms with Crippen molar-refractivity contribution in [2.75, 3.05) is 24.6 Å². The molecule has 0 aliphatic carbocycles. The Bertz CT molecular complexity index is 1080. The Morgan fingerprint density at radius 2 is 2.07 bits per heavy atom. The molecular weight excluding hydrogens is 382 g/mol. The summed E-state index contributed by atoms with van der Waals surface area (Å²) in [7, 11) is 0. The third-order valence-corrected chi connectivity index (χ3v) is 6.11. The highest BCUT2D eigenvalue weighted by molar-refractivity contribution is 7.20. The fourth-order valence-corrected chi connectivity index (χ4v) is 4.71. The summed E-state index contributed by atoms with van der Waals surface area (Å²) in [6.07, 6.45) is 1.60. The molecule has 1 saturated heterocycles. The van der Waals surface area contributed by atoms with Crippen molar-refractivity contribution in [2.24, 2.45) is 0 Å². The minimum atomic E-state index is -0.522. The first-order chi connectivity index (χ1) is 13.5. The van der Waals surface area contributed by atoms with Crippen LogP contribution in [0.4, 0.5) is 5.82 Å². The molecule has 1 N–H and O–H groups in total. The van der Waals surface area contributed by atoms with Gasteiger partial charge in [0.2, 0.25) is 5.89 Å². The molecule has 1 fully saturated rings. The monoisotopic (exact) mass is 403 g/mol. The summed E-state index contributed by atoms with van der Waals surface area (Å²) in [5.41, 5.74) is 0.855. The number of H-pyrrole nitrogens is 1. The lowest BCUT2D eigenvalue weighted by Crippen LogP contribution is -2.34. The molecule has 0 bridgehead atoms. The predicted molar refractivity (Wildman–Crippen MR) is 104 cm³/mol. The fourth-order valence-electron chi connectivity index (χ4n) is 3.60.